The van der Waals surface area contributed by atoms with E-state index in [1.54, 1.807) is 6.20 Å². The van der Waals surface area contributed by atoms with Crippen LogP contribution in [0.1, 0.15) is 38.7 Å². The maximum atomic E-state index is 13.0. The molecule has 0 radical (unpaired) electrons. The Labute approximate surface area is 186 Å². The third-order valence-corrected chi connectivity index (χ3v) is 5.59. The van der Waals surface area contributed by atoms with Gasteiger partial charge >= 0.3 is 5.97 Å². The first-order valence-electron chi connectivity index (χ1n) is 10.6. The molecule has 1 aromatic carbocycles. The number of hydrogen-bond acceptors (Lipinski definition) is 5. The summed E-state index contributed by atoms with van der Waals surface area (Å²) in [5.74, 6) is -3.25. The Bertz CT molecular complexity index is 973. The van der Waals surface area contributed by atoms with Gasteiger partial charge in [0.1, 0.15) is 12.1 Å². The fourth-order valence-corrected chi connectivity index (χ4v) is 3.33. The Morgan fingerprint density at radius 2 is 1.75 bits per heavy atom. The predicted molar refractivity (Wildman–Crippen MR) is 119 cm³/mol. The third kappa shape index (κ3) is 6.55. The van der Waals surface area contributed by atoms with Crippen LogP contribution in [0.25, 0.3) is 10.9 Å². The van der Waals surface area contributed by atoms with Crippen molar-refractivity contribution in [3.63, 3.8) is 0 Å². The molecule has 0 unspecified atom stereocenters. The normalized spacial score (nSPS) is 14.8. The summed E-state index contributed by atoms with van der Waals surface area (Å²) in [4.78, 5) is 51.4. The summed E-state index contributed by atoms with van der Waals surface area (Å²) in [5, 5.41) is 15.4. The predicted octanol–water partition coefficient (Wildman–Crippen LogP) is 0.404. The highest BCUT2D eigenvalue weighted by molar-refractivity contribution is 5.93. The van der Waals surface area contributed by atoms with Gasteiger partial charge in [-0.05, 0) is 24.0 Å². The Morgan fingerprint density at radius 3 is 2.38 bits per heavy atom. The van der Waals surface area contributed by atoms with Gasteiger partial charge in [-0.3, -0.25) is 14.4 Å². The van der Waals surface area contributed by atoms with E-state index in [1.807, 2.05) is 38.1 Å². The summed E-state index contributed by atoms with van der Waals surface area (Å²) in [6, 6.07) is 4.30. The number of aromatic amines is 1. The number of carboxylic acids is 1. The minimum Gasteiger partial charge on any atom is -0.480 e. The molecule has 0 aliphatic heterocycles. The summed E-state index contributed by atoms with van der Waals surface area (Å²) in [6.45, 7) is 3.74. The average molecular weight is 446 g/mol. The molecular weight excluding hydrogens is 414 g/mol. The second kappa shape index (κ2) is 11.3. The summed E-state index contributed by atoms with van der Waals surface area (Å²) >= 11 is 0. The van der Waals surface area contributed by atoms with Gasteiger partial charge in [0.05, 0.1) is 6.04 Å². The largest absolute Gasteiger partial charge is 0.480 e. The van der Waals surface area contributed by atoms with Crippen LogP contribution in [0.15, 0.2) is 30.5 Å². The van der Waals surface area contributed by atoms with Crippen LogP contribution in [0.4, 0.5) is 0 Å². The van der Waals surface area contributed by atoms with Crippen molar-refractivity contribution >= 4 is 34.6 Å². The molecule has 10 heteroatoms. The molecular formula is C22H31N5O5. The molecule has 1 aromatic heterocycles. The topological polar surface area (TPSA) is 180 Å². The molecule has 10 nitrogen and oxygen atoms in total. The SMILES string of the molecule is CC[C@H](C)[C@H](N)C(=O)N[C@@H](Cc1c[nH]c2ccccc12)C(=O)N[C@@H](CCC(N)=O)C(=O)O. The first-order valence-corrected chi connectivity index (χ1v) is 10.6. The lowest BCUT2D eigenvalue weighted by Crippen LogP contribution is -2.56. The number of rotatable bonds is 12. The minimum atomic E-state index is -1.32. The number of carbonyl (C=O) groups excluding carboxylic acids is 3. The van der Waals surface area contributed by atoms with Gasteiger partial charge in [0.15, 0.2) is 0 Å². The van der Waals surface area contributed by atoms with Gasteiger partial charge in [0.2, 0.25) is 17.7 Å². The zero-order chi connectivity index (χ0) is 23.8. The average Bonchev–Trinajstić information content (AvgIpc) is 3.17. The summed E-state index contributed by atoms with van der Waals surface area (Å²) in [5.41, 5.74) is 12.8. The summed E-state index contributed by atoms with van der Waals surface area (Å²) in [6.07, 6.45) is 2.19. The van der Waals surface area contributed by atoms with Gasteiger partial charge in [0.25, 0.3) is 0 Å². The first kappa shape index (κ1) is 24.9. The molecule has 1 heterocycles. The number of fused-ring (bicyclic) bond motifs is 1. The van der Waals surface area contributed by atoms with Gasteiger partial charge in [-0.15, -0.1) is 0 Å². The fraction of sp³-hybridized carbons (Fsp3) is 0.455. The number of benzene rings is 1. The van der Waals surface area contributed by atoms with E-state index in [0.717, 1.165) is 16.5 Å². The van der Waals surface area contributed by atoms with E-state index in [1.165, 1.54) is 0 Å². The molecule has 32 heavy (non-hydrogen) atoms. The van der Waals surface area contributed by atoms with E-state index in [9.17, 15) is 24.3 Å². The van der Waals surface area contributed by atoms with Gasteiger partial charge in [-0.2, -0.15) is 0 Å². The molecule has 0 bridgehead atoms. The highest BCUT2D eigenvalue weighted by Gasteiger charge is 2.30. The molecule has 0 saturated heterocycles. The van der Waals surface area contributed by atoms with Crippen LogP contribution in [0.3, 0.4) is 0 Å². The molecule has 4 atom stereocenters. The number of aliphatic carboxylic acids is 1. The van der Waals surface area contributed by atoms with Crippen LogP contribution in [0, 0.1) is 5.92 Å². The lowest BCUT2D eigenvalue weighted by molar-refractivity contribution is -0.142. The molecule has 0 aliphatic rings. The Kier molecular flexibility index (Phi) is 8.77. The molecule has 0 aliphatic carbocycles. The van der Waals surface area contributed by atoms with Crippen LogP contribution in [0.5, 0.6) is 0 Å². The third-order valence-electron chi connectivity index (χ3n) is 5.59. The number of H-pyrrole nitrogens is 1. The Balaban J connectivity index is 2.25. The second-order valence-corrected chi connectivity index (χ2v) is 7.94. The van der Waals surface area contributed by atoms with Crippen molar-refractivity contribution < 1.29 is 24.3 Å². The number of amides is 3. The van der Waals surface area contributed by atoms with Crippen molar-refractivity contribution in [1.82, 2.24) is 15.6 Å². The van der Waals surface area contributed by atoms with Crippen molar-refractivity contribution in [2.24, 2.45) is 17.4 Å². The lowest BCUT2D eigenvalue weighted by atomic mass is 9.98. The minimum absolute atomic E-state index is 0.103. The van der Waals surface area contributed by atoms with Crippen LogP contribution >= 0.6 is 0 Å². The Morgan fingerprint density at radius 1 is 1.09 bits per heavy atom. The second-order valence-electron chi connectivity index (χ2n) is 7.94. The maximum Gasteiger partial charge on any atom is 0.326 e. The monoisotopic (exact) mass is 445 g/mol. The van der Waals surface area contributed by atoms with Crippen LogP contribution in [-0.4, -0.2) is 51.9 Å². The fourth-order valence-electron chi connectivity index (χ4n) is 3.33. The van der Waals surface area contributed by atoms with E-state index in [0.29, 0.717) is 6.42 Å². The van der Waals surface area contributed by atoms with Crippen LogP contribution in [-0.2, 0) is 25.6 Å². The van der Waals surface area contributed by atoms with Crippen LogP contribution < -0.4 is 22.1 Å². The number of primary amides is 1. The van der Waals surface area contributed by atoms with Crippen molar-refractivity contribution in [2.75, 3.05) is 0 Å². The number of para-hydroxylation sites is 1. The quantitative estimate of drug-likeness (QED) is 0.275. The number of hydrogen-bond donors (Lipinski definition) is 6. The van der Waals surface area contributed by atoms with Gasteiger partial charge in [0, 0.05) is 29.9 Å². The Hall–Kier alpha value is -3.40. The van der Waals surface area contributed by atoms with Crippen molar-refractivity contribution in [2.45, 2.75) is 57.7 Å². The molecule has 2 rings (SSSR count). The van der Waals surface area contributed by atoms with E-state index >= 15 is 0 Å². The zero-order valence-corrected chi connectivity index (χ0v) is 18.3. The molecule has 2 aromatic rings. The highest BCUT2D eigenvalue weighted by Crippen LogP contribution is 2.19. The molecule has 8 N–H and O–H groups in total. The number of aromatic nitrogens is 1. The number of carbonyl (C=O) groups is 4. The lowest BCUT2D eigenvalue weighted by Gasteiger charge is -2.24. The van der Waals surface area contributed by atoms with Gasteiger partial charge in [-0.25, -0.2) is 4.79 Å². The van der Waals surface area contributed by atoms with Crippen molar-refractivity contribution in [3.05, 3.63) is 36.0 Å². The van der Waals surface area contributed by atoms with E-state index in [4.69, 9.17) is 11.5 Å². The van der Waals surface area contributed by atoms with Crippen molar-refractivity contribution in [3.8, 4) is 0 Å². The van der Waals surface area contributed by atoms with E-state index in [-0.39, 0.29) is 25.2 Å². The number of nitrogens with one attached hydrogen (secondary N) is 3. The number of nitrogens with two attached hydrogens (primary N) is 2. The molecule has 0 saturated carbocycles. The van der Waals surface area contributed by atoms with E-state index in [2.05, 4.69) is 15.6 Å². The molecule has 0 spiro atoms. The summed E-state index contributed by atoms with van der Waals surface area (Å²) in [7, 11) is 0. The highest BCUT2D eigenvalue weighted by atomic mass is 16.4. The van der Waals surface area contributed by atoms with Gasteiger partial charge in [-0.1, -0.05) is 38.5 Å². The molecule has 0 fully saturated rings. The van der Waals surface area contributed by atoms with Gasteiger partial charge < -0.3 is 32.2 Å². The first-order chi connectivity index (χ1) is 15.1. The maximum absolute atomic E-state index is 13.0. The standard InChI is InChI=1S/C22H31N5O5/c1-3-12(2)19(24)21(30)27-17(10-13-11-25-15-7-5-4-6-14(13)15)20(29)26-16(22(31)32)8-9-18(23)28/h4-7,11-12,16-17,19,25H,3,8-10,24H2,1-2H3,(H2,23,28)(H,26,29)(H,27,30)(H,31,32)/t12-,16-,17-,19-/m0/s1. The zero-order valence-electron chi connectivity index (χ0n) is 18.3. The van der Waals surface area contributed by atoms with Crippen molar-refractivity contribution in [1.29, 1.82) is 0 Å². The van der Waals surface area contributed by atoms with E-state index < -0.39 is 41.8 Å². The smallest absolute Gasteiger partial charge is 0.326 e. The number of carboxylic acid groups (broad SMARTS) is 1. The molecule has 3 amide bonds. The molecule has 174 valence electrons. The summed E-state index contributed by atoms with van der Waals surface area (Å²) < 4.78 is 0. The van der Waals surface area contributed by atoms with Crippen LogP contribution in [0.2, 0.25) is 0 Å².